The summed E-state index contributed by atoms with van der Waals surface area (Å²) in [5.41, 5.74) is 0.657. The normalized spacial score (nSPS) is 12.0. The lowest BCUT2D eigenvalue weighted by Crippen LogP contribution is -2.39. The SMILES string of the molecule is CCOC(=O)c1cccc(NC(=O)C(CC)S(=O)(=O)CC(=O)Nc2ccc(F)cc2)c1. The number of amides is 2. The molecule has 166 valence electrons. The van der Waals surface area contributed by atoms with E-state index in [4.69, 9.17) is 4.74 Å². The predicted octanol–water partition coefficient (Wildman–Crippen LogP) is 2.77. The van der Waals surface area contributed by atoms with Gasteiger partial charge in [0.25, 0.3) is 0 Å². The van der Waals surface area contributed by atoms with Crippen molar-refractivity contribution >= 4 is 39.0 Å². The molecule has 1 unspecified atom stereocenters. The first-order valence-corrected chi connectivity index (χ1v) is 11.2. The third-order valence-corrected chi connectivity index (χ3v) is 6.28. The van der Waals surface area contributed by atoms with Gasteiger partial charge in [-0.25, -0.2) is 17.6 Å². The summed E-state index contributed by atoms with van der Waals surface area (Å²) in [7, 11) is -4.14. The van der Waals surface area contributed by atoms with E-state index < -0.39 is 44.4 Å². The Morgan fingerprint density at radius 1 is 1.00 bits per heavy atom. The van der Waals surface area contributed by atoms with Gasteiger partial charge in [0.2, 0.25) is 11.8 Å². The molecule has 0 spiro atoms. The van der Waals surface area contributed by atoms with Gasteiger partial charge in [0, 0.05) is 11.4 Å². The van der Waals surface area contributed by atoms with Gasteiger partial charge in [-0.2, -0.15) is 0 Å². The summed E-state index contributed by atoms with van der Waals surface area (Å²) in [5.74, 6) is -3.66. The van der Waals surface area contributed by atoms with E-state index in [1.165, 1.54) is 43.3 Å². The van der Waals surface area contributed by atoms with Gasteiger partial charge in [-0.15, -0.1) is 0 Å². The third kappa shape index (κ3) is 6.88. The number of hydrogen-bond donors (Lipinski definition) is 2. The number of anilines is 2. The van der Waals surface area contributed by atoms with Crippen LogP contribution < -0.4 is 10.6 Å². The number of ether oxygens (including phenoxy) is 1. The fourth-order valence-corrected chi connectivity index (χ4v) is 4.31. The van der Waals surface area contributed by atoms with Gasteiger partial charge in [-0.1, -0.05) is 13.0 Å². The Balaban J connectivity index is 2.08. The molecule has 8 nitrogen and oxygen atoms in total. The van der Waals surface area contributed by atoms with Crippen molar-refractivity contribution in [1.29, 1.82) is 0 Å². The summed E-state index contributed by atoms with van der Waals surface area (Å²) < 4.78 is 43.1. The number of nitrogens with one attached hydrogen (secondary N) is 2. The molecule has 0 aliphatic rings. The first-order chi connectivity index (χ1) is 14.7. The molecule has 2 aromatic carbocycles. The van der Waals surface area contributed by atoms with Crippen LogP contribution in [0.25, 0.3) is 0 Å². The second kappa shape index (κ2) is 10.7. The standard InChI is InChI=1S/C21H23FN2O6S/c1-3-18(20(26)24-17-7-5-6-14(12-17)21(27)30-4-2)31(28,29)13-19(25)23-16-10-8-15(22)9-11-16/h5-12,18H,3-4,13H2,1-2H3,(H,23,25)(H,24,26). The monoisotopic (exact) mass is 450 g/mol. The van der Waals surface area contributed by atoms with Crippen LogP contribution in [0.4, 0.5) is 15.8 Å². The van der Waals surface area contributed by atoms with Crippen LogP contribution in [0.3, 0.4) is 0 Å². The van der Waals surface area contributed by atoms with Crippen molar-refractivity contribution in [1.82, 2.24) is 0 Å². The molecule has 0 aliphatic heterocycles. The molecule has 0 saturated heterocycles. The fourth-order valence-electron chi connectivity index (χ4n) is 2.78. The van der Waals surface area contributed by atoms with Crippen molar-refractivity contribution in [3.05, 3.63) is 59.9 Å². The third-order valence-electron chi connectivity index (χ3n) is 4.20. The van der Waals surface area contributed by atoms with E-state index in [-0.39, 0.29) is 30.0 Å². The number of sulfone groups is 1. The summed E-state index contributed by atoms with van der Waals surface area (Å²) in [5, 5.41) is 3.35. The van der Waals surface area contributed by atoms with Gasteiger partial charge in [0.1, 0.15) is 16.8 Å². The zero-order chi connectivity index (χ0) is 23.0. The van der Waals surface area contributed by atoms with Crippen LogP contribution in [0.2, 0.25) is 0 Å². The van der Waals surface area contributed by atoms with E-state index in [2.05, 4.69) is 10.6 Å². The van der Waals surface area contributed by atoms with Crippen LogP contribution in [0, 0.1) is 5.82 Å². The number of benzene rings is 2. The Hall–Kier alpha value is -3.27. The van der Waals surface area contributed by atoms with Crippen molar-refractivity contribution in [2.75, 3.05) is 23.0 Å². The highest BCUT2D eigenvalue weighted by Crippen LogP contribution is 2.16. The van der Waals surface area contributed by atoms with Crippen LogP contribution in [0.15, 0.2) is 48.5 Å². The Bertz CT molecular complexity index is 1050. The average Bonchev–Trinajstić information content (AvgIpc) is 2.70. The molecule has 0 heterocycles. The van der Waals surface area contributed by atoms with E-state index in [0.29, 0.717) is 0 Å². The number of halogens is 1. The molecule has 0 saturated carbocycles. The van der Waals surface area contributed by atoms with Gasteiger partial charge in [0.05, 0.1) is 12.2 Å². The Morgan fingerprint density at radius 2 is 1.68 bits per heavy atom. The maximum absolute atomic E-state index is 12.9. The molecular formula is C21H23FN2O6S. The Labute approximate surface area is 179 Å². The lowest BCUT2D eigenvalue weighted by Gasteiger charge is -2.16. The minimum atomic E-state index is -4.14. The Morgan fingerprint density at radius 3 is 2.29 bits per heavy atom. The summed E-state index contributed by atoms with van der Waals surface area (Å²) in [4.78, 5) is 36.5. The van der Waals surface area contributed by atoms with E-state index in [1.54, 1.807) is 6.92 Å². The maximum atomic E-state index is 12.9. The van der Waals surface area contributed by atoms with Crippen LogP contribution in [0.5, 0.6) is 0 Å². The first kappa shape index (κ1) is 24.0. The second-order valence-electron chi connectivity index (χ2n) is 6.55. The lowest BCUT2D eigenvalue weighted by atomic mass is 10.2. The van der Waals surface area contributed by atoms with Gasteiger partial charge in [0.15, 0.2) is 9.84 Å². The second-order valence-corrected chi connectivity index (χ2v) is 8.73. The number of carbonyl (C=O) groups is 3. The van der Waals surface area contributed by atoms with Crippen LogP contribution in [-0.4, -0.2) is 43.8 Å². The van der Waals surface area contributed by atoms with Gasteiger partial charge in [-0.3, -0.25) is 9.59 Å². The van der Waals surface area contributed by atoms with Crippen LogP contribution in [-0.2, 0) is 24.2 Å². The van der Waals surface area contributed by atoms with Gasteiger partial charge >= 0.3 is 5.97 Å². The fraction of sp³-hybridized carbons (Fsp3) is 0.286. The van der Waals surface area contributed by atoms with Crippen LogP contribution >= 0.6 is 0 Å². The van der Waals surface area contributed by atoms with E-state index in [9.17, 15) is 27.2 Å². The summed E-state index contributed by atoms with van der Waals surface area (Å²) in [6.07, 6.45) is -0.0600. The zero-order valence-corrected chi connectivity index (χ0v) is 17.9. The topological polar surface area (TPSA) is 119 Å². The molecule has 1 atom stereocenters. The molecule has 0 radical (unpaired) electrons. The summed E-state index contributed by atoms with van der Waals surface area (Å²) in [6, 6.07) is 10.7. The maximum Gasteiger partial charge on any atom is 0.338 e. The molecule has 31 heavy (non-hydrogen) atoms. The highest BCUT2D eigenvalue weighted by atomic mass is 32.2. The van der Waals surface area contributed by atoms with Crippen molar-refractivity contribution in [2.24, 2.45) is 0 Å². The minimum Gasteiger partial charge on any atom is -0.462 e. The van der Waals surface area contributed by atoms with Crippen molar-refractivity contribution in [3.8, 4) is 0 Å². The van der Waals surface area contributed by atoms with Crippen molar-refractivity contribution < 1.29 is 31.9 Å². The first-order valence-electron chi connectivity index (χ1n) is 9.51. The molecule has 0 bridgehead atoms. The number of esters is 1. The van der Waals surface area contributed by atoms with E-state index in [0.717, 1.165) is 12.1 Å². The van der Waals surface area contributed by atoms with Crippen molar-refractivity contribution in [2.45, 2.75) is 25.5 Å². The van der Waals surface area contributed by atoms with E-state index in [1.807, 2.05) is 0 Å². The highest BCUT2D eigenvalue weighted by molar-refractivity contribution is 7.93. The van der Waals surface area contributed by atoms with Crippen molar-refractivity contribution in [3.63, 3.8) is 0 Å². The smallest absolute Gasteiger partial charge is 0.338 e. The zero-order valence-electron chi connectivity index (χ0n) is 17.1. The average molecular weight is 450 g/mol. The summed E-state index contributed by atoms with van der Waals surface area (Å²) >= 11 is 0. The molecule has 0 fully saturated rings. The van der Waals surface area contributed by atoms with Gasteiger partial charge in [-0.05, 0) is 55.8 Å². The quantitative estimate of drug-likeness (QED) is 0.567. The number of carbonyl (C=O) groups excluding carboxylic acids is 3. The molecule has 0 aliphatic carbocycles. The number of rotatable bonds is 9. The minimum absolute atomic E-state index is 0.0600. The largest absolute Gasteiger partial charge is 0.462 e. The van der Waals surface area contributed by atoms with Gasteiger partial charge < -0.3 is 15.4 Å². The lowest BCUT2D eigenvalue weighted by molar-refractivity contribution is -0.115. The molecule has 2 aromatic rings. The number of hydrogen-bond acceptors (Lipinski definition) is 6. The van der Waals surface area contributed by atoms with Crippen LogP contribution in [0.1, 0.15) is 30.6 Å². The molecule has 2 rings (SSSR count). The molecule has 10 heteroatoms. The molecule has 2 N–H and O–H groups in total. The molecular weight excluding hydrogens is 427 g/mol. The predicted molar refractivity (Wildman–Crippen MR) is 114 cm³/mol. The van der Waals surface area contributed by atoms with E-state index >= 15 is 0 Å². The summed E-state index contributed by atoms with van der Waals surface area (Å²) in [6.45, 7) is 3.35. The molecule has 2 amide bonds. The molecule has 0 aromatic heterocycles. The Kier molecular flexibility index (Phi) is 8.26. The highest BCUT2D eigenvalue weighted by Gasteiger charge is 2.33.